The third-order valence-electron chi connectivity index (χ3n) is 6.38. The first-order chi connectivity index (χ1) is 16.3. The number of nitro benzene ring substituents is 1. The summed E-state index contributed by atoms with van der Waals surface area (Å²) in [6.45, 7) is 4.86. The molecule has 0 bridgehead atoms. The molecule has 0 unspecified atom stereocenters. The van der Waals surface area contributed by atoms with E-state index >= 15 is 0 Å². The van der Waals surface area contributed by atoms with Crippen molar-refractivity contribution in [3.8, 4) is 0 Å². The van der Waals surface area contributed by atoms with Crippen LogP contribution in [0.25, 0.3) is 11.0 Å². The van der Waals surface area contributed by atoms with E-state index in [4.69, 9.17) is 4.42 Å². The molecule has 9 nitrogen and oxygen atoms in total. The number of aryl methyl sites for hydroxylation is 3. The molecule has 9 heteroatoms. The largest absolute Gasteiger partial charge is 0.450 e. The summed E-state index contributed by atoms with van der Waals surface area (Å²) in [6, 6.07) is 8.84. The van der Waals surface area contributed by atoms with Crippen molar-refractivity contribution >= 4 is 22.6 Å². The standard InChI is InChI=1S/C25H22N4O5/c1-15-12-19-20(13-16(15)2)34-24-21(23(19)30)22(17-4-6-18(7-5-17)29(32)33)28(25(24)31)10-3-9-27-11-8-26-14-27/h4-8,11-14,22H,3,9-10H2,1-2H3/t22-/m1/s1. The minimum absolute atomic E-state index is 0.0340. The molecule has 34 heavy (non-hydrogen) atoms. The predicted octanol–water partition coefficient (Wildman–Crippen LogP) is 4.15. The van der Waals surface area contributed by atoms with Gasteiger partial charge in [-0.15, -0.1) is 0 Å². The number of aromatic nitrogens is 2. The summed E-state index contributed by atoms with van der Waals surface area (Å²) in [4.78, 5) is 43.4. The maximum absolute atomic E-state index is 13.6. The highest BCUT2D eigenvalue weighted by atomic mass is 16.6. The van der Waals surface area contributed by atoms with Crippen LogP contribution in [0.2, 0.25) is 0 Å². The molecule has 1 aliphatic heterocycles. The van der Waals surface area contributed by atoms with Gasteiger partial charge in [0.1, 0.15) is 5.58 Å². The molecule has 4 aromatic rings. The Morgan fingerprint density at radius 1 is 1.09 bits per heavy atom. The Morgan fingerprint density at radius 3 is 2.50 bits per heavy atom. The van der Waals surface area contributed by atoms with Crippen LogP contribution in [0.5, 0.6) is 0 Å². The second kappa shape index (κ2) is 8.26. The molecule has 1 amide bonds. The van der Waals surface area contributed by atoms with Gasteiger partial charge in [-0.25, -0.2) is 4.98 Å². The summed E-state index contributed by atoms with van der Waals surface area (Å²) >= 11 is 0. The van der Waals surface area contributed by atoms with Crippen molar-refractivity contribution in [3.63, 3.8) is 0 Å². The summed E-state index contributed by atoms with van der Waals surface area (Å²) in [5.41, 5.74) is 2.87. The zero-order valence-electron chi connectivity index (χ0n) is 18.7. The minimum Gasteiger partial charge on any atom is -0.450 e. The van der Waals surface area contributed by atoms with E-state index in [1.165, 1.54) is 12.1 Å². The second-order valence-electron chi connectivity index (χ2n) is 8.51. The number of nitro groups is 1. The van der Waals surface area contributed by atoms with Gasteiger partial charge < -0.3 is 13.9 Å². The Kier molecular flexibility index (Phi) is 5.24. The molecular weight excluding hydrogens is 436 g/mol. The number of rotatable bonds is 6. The fourth-order valence-electron chi connectivity index (χ4n) is 4.47. The second-order valence-corrected chi connectivity index (χ2v) is 8.51. The summed E-state index contributed by atoms with van der Waals surface area (Å²) in [6.07, 6.45) is 5.87. The van der Waals surface area contributed by atoms with Gasteiger partial charge in [0.05, 0.1) is 28.2 Å². The molecular formula is C25H22N4O5. The Bertz CT molecular complexity index is 1470. The van der Waals surface area contributed by atoms with Gasteiger partial charge in [0.25, 0.3) is 11.6 Å². The molecule has 0 saturated heterocycles. The first-order valence-corrected chi connectivity index (χ1v) is 10.9. The van der Waals surface area contributed by atoms with E-state index in [-0.39, 0.29) is 28.3 Å². The molecule has 1 atom stereocenters. The lowest BCUT2D eigenvalue weighted by Crippen LogP contribution is -2.31. The van der Waals surface area contributed by atoms with Crippen LogP contribution in [-0.4, -0.2) is 31.8 Å². The fraction of sp³-hybridized carbons (Fsp3) is 0.240. The van der Waals surface area contributed by atoms with Gasteiger partial charge in [0.15, 0.2) is 5.43 Å². The molecule has 0 fully saturated rings. The quantitative estimate of drug-likeness (QED) is 0.317. The van der Waals surface area contributed by atoms with Crippen LogP contribution < -0.4 is 5.43 Å². The lowest BCUT2D eigenvalue weighted by molar-refractivity contribution is -0.384. The summed E-state index contributed by atoms with van der Waals surface area (Å²) in [7, 11) is 0. The van der Waals surface area contributed by atoms with Gasteiger partial charge in [0, 0.05) is 37.6 Å². The molecule has 1 aliphatic rings. The van der Waals surface area contributed by atoms with Gasteiger partial charge in [-0.3, -0.25) is 19.7 Å². The zero-order valence-corrected chi connectivity index (χ0v) is 18.7. The summed E-state index contributed by atoms with van der Waals surface area (Å²) in [5, 5.41) is 11.5. The van der Waals surface area contributed by atoms with E-state index in [9.17, 15) is 19.7 Å². The number of non-ortho nitro benzene ring substituents is 1. The highest BCUT2D eigenvalue weighted by Crippen LogP contribution is 2.39. The molecule has 2 aromatic heterocycles. The van der Waals surface area contributed by atoms with Gasteiger partial charge in [-0.1, -0.05) is 0 Å². The van der Waals surface area contributed by atoms with E-state index in [1.54, 1.807) is 41.7 Å². The Labute approximate surface area is 194 Å². The van der Waals surface area contributed by atoms with Crippen molar-refractivity contribution in [3.05, 3.63) is 103 Å². The maximum Gasteiger partial charge on any atom is 0.290 e. The van der Waals surface area contributed by atoms with Crippen LogP contribution >= 0.6 is 0 Å². The first-order valence-electron chi connectivity index (χ1n) is 10.9. The van der Waals surface area contributed by atoms with Crippen LogP contribution in [-0.2, 0) is 6.54 Å². The molecule has 0 spiro atoms. The molecule has 172 valence electrons. The van der Waals surface area contributed by atoms with Crippen LogP contribution in [0.3, 0.4) is 0 Å². The molecule has 0 saturated carbocycles. The molecule has 5 rings (SSSR count). The minimum atomic E-state index is -0.687. The van der Waals surface area contributed by atoms with Crippen molar-refractivity contribution in [1.29, 1.82) is 0 Å². The van der Waals surface area contributed by atoms with Crippen LogP contribution in [0.4, 0.5) is 5.69 Å². The number of fused-ring (bicyclic) bond motifs is 2. The number of carbonyl (C=O) groups is 1. The number of imidazole rings is 1. The van der Waals surface area contributed by atoms with Crippen molar-refractivity contribution in [2.75, 3.05) is 6.54 Å². The molecule has 0 aliphatic carbocycles. The van der Waals surface area contributed by atoms with E-state index in [0.717, 1.165) is 11.1 Å². The van der Waals surface area contributed by atoms with Crippen molar-refractivity contribution in [2.45, 2.75) is 32.9 Å². The lowest BCUT2D eigenvalue weighted by Gasteiger charge is -2.25. The van der Waals surface area contributed by atoms with Crippen molar-refractivity contribution in [1.82, 2.24) is 14.5 Å². The van der Waals surface area contributed by atoms with Gasteiger partial charge in [-0.05, 0) is 61.2 Å². The Hall–Kier alpha value is -4.27. The maximum atomic E-state index is 13.6. The topological polar surface area (TPSA) is 111 Å². The van der Waals surface area contributed by atoms with Crippen molar-refractivity contribution in [2.24, 2.45) is 0 Å². The van der Waals surface area contributed by atoms with E-state index in [1.807, 2.05) is 24.6 Å². The van der Waals surface area contributed by atoms with Gasteiger partial charge in [0.2, 0.25) is 5.76 Å². The predicted molar refractivity (Wildman–Crippen MR) is 125 cm³/mol. The number of nitrogens with zero attached hydrogens (tertiary/aromatic N) is 4. The average molecular weight is 458 g/mol. The van der Waals surface area contributed by atoms with Crippen LogP contribution in [0, 0.1) is 24.0 Å². The van der Waals surface area contributed by atoms with E-state index in [2.05, 4.69) is 4.98 Å². The monoisotopic (exact) mass is 458 g/mol. The third-order valence-corrected chi connectivity index (χ3v) is 6.38. The first kappa shape index (κ1) is 21.6. The molecule has 0 N–H and O–H groups in total. The molecule has 2 aromatic carbocycles. The zero-order chi connectivity index (χ0) is 24.0. The Morgan fingerprint density at radius 2 is 1.82 bits per heavy atom. The van der Waals surface area contributed by atoms with Crippen LogP contribution in [0.1, 0.15) is 45.3 Å². The number of hydrogen-bond donors (Lipinski definition) is 0. The molecule has 0 radical (unpaired) electrons. The lowest BCUT2D eigenvalue weighted by atomic mass is 9.97. The number of benzene rings is 2. The number of amides is 1. The van der Waals surface area contributed by atoms with E-state index < -0.39 is 11.0 Å². The number of carbonyl (C=O) groups excluding carboxylic acids is 1. The number of hydrogen-bond acceptors (Lipinski definition) is 6. The SMILES string of the molecule is Cc1cc2oc3c(c(=O)c2cc1C)[C@@H](c1ccc([N+](=O)[O-])cc1)N(CCCn1ccnc1)C3=O. The summed E-state index contributed by atoms with van der Waals surface area (Å²) in [5.74, 6) is -0.326. The van der Waals surface area contributed by atoms with Gasteiger partial charge >= 0.3 is 0 Å². The van der Waals surface area contributed by atoms with Crippen LogP contribution in [0.15, 0.2) is 64.3 Å². The highest BCUT2D eigenvalue weighted by Gasteiger charge is 2.42. The Balaban J connectivity index is 1.61. The smallest absolute Gasteiger partial charge is 0.290 e. The molecule has 3 heterocycles. The van der Waals surface area contributed by atoms with Crippen molar-refractivity contribution < 1.29 is 14.1 Å². The highest BCUT2D eigenvalue weighted by molar-refractivity contribution is 5.99. The third kappa shape index (κ3) is 3.55. The average Bonchev–Trinajstić information content (AvgIpc) is 3.43. The summed E-state index contributed by atoms with van der Waals surface area (Å²) < 4.78 is 7.93. The fourth-order valence-corrected chi connectivity index (χ4v) is 4.47. The van der Waals surface area contributed by atoms with Gasteiger partial charge in [-0.2, -0.15) is 0 Å². The van der Waals surface area contributed by atoms with E-state index in [0.29, 0.717) is 36.0 Å². The normalized spacial score (nSPS) is 15.2.